The van der Waals surface area contributed by atoms with E-state index in [1.54, 1.807) is 0 Å². The fourth-order valence-electron chi connectivity index (χ4n) is 1.05. The summed E-state index contributed by atoms with van der Waals surface area (Å²) < 4.78 is 0. The maximum absolute atomic E-state index is 8.47. The van der Waals surface area contributed by atoms with Crippen LogP contribution in [0.1, 0.15) is 0 Å². The van der Waals surface area contributed by atoms with E-state index in [0.717, 1.165) is 11.3 Å². The molecule has 0 atom stereocenters. The van der Waals surface area contributed by atoms with Crippen molar-refractivity contribution in [2.45, 2.75) is 0 Å². The first-order valence-electron chi connectivity index (χ1n) is 3.76. The van der Waals surface area contributed by atoms with Crippen molar-refractivity contribution in [2.75, 3.05) is 0 Å². The molecule has 2 rings (SSSR count). The Morgan fingerprint density at radius 3 is 2.50 bits per heavy atom. The maximum Gasteiger partial charge on any atom is 0.523 e. The third-order valence-corrected chi connectivity index (χ3v) is 2.37. The van der Waals surface area contributed by atoms with Crippen LogP contribution in [-0.2, 0) is 0 Å². The second-order valence-corrected chi connectivity index (χ2v) is 3.32. The van der Waals surface area contributed by atoms with Crippen LogP contribution in [0.25, 0.3) is 16.2 Å². The predicted molar refractivity (Wildman–Crippen MR) is 52.3 cm³/mol. The molecule has 2 aromatic rings. The minimum Gasteiger partial charge on any atom is -1.00 e. The Hall–Kier alpha value is -1.44. The summed E-state index contributed by atoms with van der Waals surface area (Å²) in [5.41, 5.74) is 1.88. The summed E-state index contributed by atoms with van der Waals surface area (Å²) >= 11 is 1.32. The molecule has 1 aromatic carbocycles. The molecule has 14 heavy (non-hydrogen) atoms. The van der Waals surface area contributed by atoms with E-state index in [2.05, 4.69) is 9.96 Å². The zero-order chi connectivity index (χ0) is 9.10. The van der Waals surface area contributed by atoms with Gasteiger partial charge in [-0.1, -0.05) is 30.3 Å². The predicted octanol–water partition coefficient (Wildman–Crippen LogP) is 0.299. The zero-order valence-corrected chi connectivity index (χ0v) is 8.66. The van der Waals surface area contributed by atoms with Gasteiger partial charge < -0.3 is 12.4 Å². The Kier molecular flexibility index (Phi) is 3.57. The molecule has 0 saturated carbocycles. The van der Waals surface area contributed by atoms with Gasteiger partial charge in [0, 0.05) is 10.5 Å². The van der Waals surface area contributed by atoms with Gasteiger partial charge in [-0.3, -0.25) is 0 Å². The van der Waals surface area contributed by atoms with Crippen molar-refractivity contribution in [3.05, 3.63) is 40.7 Å². The van der Waals surface area contributed by atoms with Crippen LogP contribution >= 0.6 is 11.3 Å². The molecule has 5 heteroatoms. The highest BCUT2D eigenvalue weighted by Gasteiger charge is 2.14. The van der Waals surface area contributed by atoms with Gasteiger partial charge in [0.2, 0.25) is 0 Å². The van der Waals surface area contributed by atoms with Crippen LogP contribution in [0.15, 0.2) is 35.7 Å². The molecule has 0 N–H and O–H groups in total. The first-order valence-corrected chi connectivity index (χ1v) is 4.64. The third-order valence-electron chi connectivity index (χ3n) is 1.65. The number of hydrogen-bond donors (Lipinski definition) is 0. The van der Waals surface area contributed by atoms with Gasteiger partial charge in [-0.2, -0.15) is 0 Å². The van der Waals surface area contributed by atoms with Crippen molar-refractivity contribution < 1.29 is 12.4 Å². The highest BCUT2D eigenvalue weighted by atomic mass is 35.5. The van der Waals surface area contributed by atoms with Gasteiger partial charge in [-0.05, 0) is 16.3 Å². The Labute approximate surface area is 91.5 Å². The minimum atomic E-state index is 0. The fraction of sp³-hybridized carbons (Fsp3) is 0. The van der Waals surface area contributed by atoms with Crippen LogP contribution in [0, 0.1) is 5.39 Å². The number of halogens is 1. The lowest BCUT2D eigenvalue weighted by Crippen LogP contribution is -3.00. The molecular formula is C9H6ClN3S. The number of benzene rings is 1. The van der Waals surface area contributed by atoms with Crippen molar-refractivity contribution >= 4 is 16.5 Å². The molecule has 0 saturated heterocycles. The van der Waals surface area contributed by atoms with Crippen LogP contribution in [0.3, 0.4) is 0 Å². The molecule has 1 heterocycles. The normalized spacial score (nSPS) is 8.79. The SMILES string of the molecule is N#[N+]c1nc(-c2ccccc2)cs1.[Cl-]. The molecule has 0 fully saturated rings. The van der Waals surface area contributed by atoms with Crippen molar-refractivity contribution in [1.82, 2.24) is 4.98 Å². The zero-order valence-electron chi connectivity index (χ0n) is 7.09. The Morgan fingerprint density at radius 1 is 1.21 bits per heavy atom. The number of nitrogens with zero attached hydrogens (tertiary/aromatic N) is 3. The molecule has 0 spiro atoms. The third kappa shape index (κ3) is 2.08. The second kappa shape index (κ2) is 4.70. The lowest BCUT2D eigenvalue weighted by atomic mass is 10.2. The van der Waals surface area contributed by atoms with Crippen LogP contribution in [-0.4, -0.2) is 4.98 Å². The smallest absolute Gasteiger partial charge is 0.523 e. The maximum atomic E-state index is 8.47. The molecule has 0 aliphatic rings. The number of thiazole rings is 1. The van der Waals surface area contributed by atoms with Gasteiger partial charge in [0.05, 0.1) is 10.8 Å². The molecule has 3 nitrogen and oxygen atoms in total. The van der Waals surface area contributed by atoms with Gasteiger partial charge >= 0.3 is 5.13 Å². The van der Waals surface area contributed by atoms with E-state index < -0.39 is 0 Å². The van der Waals surface area contributed by atoms with Gasteiger partial charge in [-0.15, -0.1) is 0 Å². The summed E-state index contributed by atoms with van der Waals surface area (Å²) in [6.07, 6.45) is 0. The summed E-state index contributed by atoms with van der Waals surface area (Å²) in [5.74, 6) is 0. The second-order valence-electron chi connectivity index (χ2n) is 2.48. The lowest BCUT2D eigenvalue weighted by Gasteiger charge is -1.87. The molecule has 0 radical (unpaired) electrons. The fourth-order valence-corrected chi connectivity index (χ4v) is 1.66. The first kappa shape index (κ1) is 10.6. The summed E-state index contributed by atoms with van der Waals surface area (Å²) in [6, 6.07) is 9.79. The average Bonchev–Trinajstić information content (AvgIpc) is 2.67. The number of diazo groups is 1. The monoisotopic (exact) mass is 223 g/mol. The van der Waals surface area contributed by atoms with Gasteiger partial charge in [-0.25, -0.2) is 0 Å². The van der Waals surface area contributed by atoms with E-state index in [9.17, 15) is 0 Å². The van der Waals surface area contributed by atoms with Crippen molar-refractivity contribution in [2.24, 2.45) is 0 Å². The standard InChI is InChI=1S/C9H6N3S.ClH/c10-12-9-11-8(6-13-9)7-4-2-1-3-5-7;/h1-6H;1H/q+1;/p-1. The molecule has 1 aromatic heterocycles. The summed E-state index contributed by atoms with van der Waals surface area (Å²) in [5, 5.41) is 10.7. The van der Waals surface area contributed by atoms with Gasteiger partial charge in [0.25, 0.3) is 0 Å². The molecule has 0 unspecified atom stereocenters. The van der Waals surface area contributed by atoms with Gasteiger partial charge in [0.15, 0.2) is 5.69 Å². The van der Waals surface area contributed by atoms with Crippen LogP contribution in [0.4, 0.5) is 5.13 Å². The van der Waals surface area contributed by atoms with Crippen LogP contribution < -0.4 is 12.4 Å². The topological polar surface area (TPSA) is 41.0 Å². The highest BCUT2D eigenvalue weighted by molar-refractivity contribution is 7.14. The van der Waals surface area contributed by atoms with Crippen LogP contribution in [0.2, 0.25) is 0 Å². The van der Waals surface area contributed by atoms with Gasteiger partial charge in [0.1, 0.15) is 0 Å². The summed E-state index contributed by atoms with van der Waals surface area (Å²) in [7, 11) is 0. The number of rotatable bonds is 1. The first-order chi connectivity index (χ1) is 6.40. The van der Waals surface area contributed by atoms with E-state index >= 15 is 0 Å². The van der Waals surface area contributed by atoms with E-state index in [1.807, 2.05) is 35.7 Å². The summed E-state index contributed by atoms with van der Waals surface area (Å²) in [4.78, 5) is 7.12. The number of hydrogen-bond acceptors (Lipinski definition) is 3. The lowest BCUT2D eigenvalue weighted by molar-refractivity contribution is -0.00000279. The van der Waals surface area contributed by atoms with Crippen molar-refractivity contribution in [1.29, 1.82) is 5.39 Å². The van der Waals surface area contributed by atoms with Crippen molar-refractivity contribution in [3.8, 4) is 11.3 Å². The van der Waals surface area contributed by atoms with Crippen molar-refractivity contribution in [3.63, 3.8) is 0 Å². The minimum absolute atomic E-state index is 0. The Balaban J connectivity index is 0.000000980. The Bertz CT molecular complexity index is 447. The van der Waals surface area contributed by atoms with E-state index in [-0.39, 0.29) is 12.4 Å². The van der Waals surface area contributed by atoms with E-state index in [0.29, 0.717) is 5.13 Å². The molecule has 0 aliphatic carbocycles. The van der Waals surface area contributed by atoms with E-state index in [1.165, 1.54) is 11.3 Å². The molecule has 70 valence electrons. The largest absolute Gasteiger partial charge is 1.00 e. The van der Waals surface area contributed by atoms with E-state index in [4.69, 9.17) is 5.39 Å². The molecular weight excluding hydrogens is 218 g/mol. The average molecular weight is 224 g/mol. The molecule has 0 bridgehead atoms. The molecule has 0 aliphatic heterocycles. The quantitative estimate of drug-likeness (QED) is 0.653. The number of aromatic nitrogens is 1. The highest BCUT2D eigenvalue weighted by Crippen LogP contribution is 2.25. The Morgan fingerprint density at radius 2 is 1.93 bits per heavy atom. The molecule has 0 amide bonds. The van der Waals surface area contributed by atoms with Crippen LogP contribution in [0.5, 0.6) is 0 Å². The summed E-state index contributed by atoms with van der Waals surface area (Å²) in [6.45, 7) is 0.